The molecule has 0 radical (unpaired) electrons. The third-order valence-electron chi connectivity index (χ3n) is 6.15. The summed E-state index contributed by atoms with van der Waals surface area (Å²) in [6.07, 6.45) is -2.87. The highest BCUT2D eigenvalue weighted by Crippen LogP contribution is 2.29. The van der Waals surface area contributed by atoms with Gasteiger partial charge in [-0.05, 0) is 50.1 Å². The molecule has 12 heteroatoms. The Morgan fingerprint density at radius 2 is 1.97 bits per heavy atom. The summed E-state index contributed by atoms with van der Waals surface area (Å²) in [5.74, 6) is -0.253. The lowest BCUT2D eigenvalue weighted by Crippen LogP contribution is -2.36. The van der Waals surface area contributed by atoms with E-state index in [-0.39, 0.29) is 17.6 Å². The Hall–Kier alpha value is -3.77. The number of para-hydroxylation sites is 2. The van der Waals surface area contributed by atoms with E-state index in [0.717, 1.165) is 5.56 Å². The van der Waals surface area contributed by atoms with Crippen LogP contribution in [0.4, 0.5) is 19.1 Å². The van der Waals surface area contributed by atoms with E-state index >= 15 is 0 Å². The van der Waals surface area contributed by atoms with Gasteiger partial charge >= 0.3 is 0 Å². The number of morpholine rings is 1. The Morgan fingerprint density at radius 3 is 2.71 bits per heavy atom. The average molecular weight is 528 g/mol. The number of alkyl halides is 2. The fourth-order valence-corrected chi connectivity index (χ4v) is 4.48. The summed E-state index contributed by atoms with van der Waals surface area (Å²) in [5, 5.41) is 6.54. The molecule has 9 nitrogen and oxygen atoms in total. The highest BCUT2D eigenvalue weighted by atomic mass is 19.3. The van der Waals surface area contributed by atoms with Gasteiger partial charge in [-0.2, -0.15) is 15.0 Å². The quantitative estimate of drug-likeness (QED) is 0.348. The van der Waals surface area contributed by atoms with Crippen molar-refractivity contribution < 1.29 is 22.6 Å². The number of aromatic nitrogens is 5. The maximum atomic E-state index is 14.1. The number of methoxy groups -OCH3 is 1. The number of hydrogen-bond acceptors (Lipinski definition) is 8. The molecule has 0 spiro atoms. The van der Waals surface area contributed by atoms with Crippen molar-refractivity contribution in [2.45, 2.75) is 38.3 Å². The van der Waals surface area contributed by atoms with Gasteiger partial charge in [-0.1, -0.05) is 18.2 Å². The van der Waals surface area contributed by atoms with Crippen LogP contribution in [0.1, 0.15) is 43.6 Å². The first kappa shape index (κ1) is 25.9. The Bertz CT molecular complexity index is 1440. The SMILES string of the molecule is COc1cc(CC(C)(C)Nc2nc(C3CNCCO3)nc(-n3c(C(F)F)nc4ccccc43)n2)ccc1F. The van der Waals surface area contributed by atoms with Crippen LogP contribution in [0.25, 0.3) is 17.0 Å². The second kappa shape index (κ2) is 10.5. The Kier molecular flexibility index (Phi) is 7.17. The second-order valence-corrected chi connectivity index (χ2v) is 9.63. The number of hydrogen-bond donors (Lipinski definition) is 2. The van der Waals surface area contributed by atoms with Crippen LogP contribution >= 0.6 is 0 Å². The number of anilines is 1. The first-order chi connectivity index (χ1) is 18.2. The van der Waals surface area contributed by atoms with Crippen LogP contribution in [0.5, 0.6) is 5.75 Å². The first-order valence-corrected chi connectivity index (χ1v) is 12.2. The van der Waals surface area contributed by atoms with Gasteiger partial charge in [0.25, 0.3) is 6.43 Å². The third-order valence-corrected chi connectivity index (χ3v) is 6.15. The first-order valence-electron chi connectivity index (χ1n) is 12.2. The minimum atomic E-state index is -2.85. The summed E-state index contributed by atoms with van der Waals surface area (Å²) in [4.78, 5) is 17.8. The number of nitrogens with one attached hydrogen (secondary N) is 2. The molecule has 2 N–H and O–H groups in total. The van der Waals surface area contributed by atoms with Gasteiger partial charge in [0.15, 0.2) is 23.2 Å². The molecule has 0 saturated carbocycles. The van der Waals surface area contributed by atoms with Crippen molar-refractivity contribution in [2.24, 2.45) is 0 Å². The van der Waals surface area contributed by atoms with Crippen molar-refractivity contribution in [1.82, 2.24) is 29.8 Å². The standard InChI is InChI=1S/C26H28F3N7O2/c1-26(2,13-15-8-9-16(27)19(12-15)37-3)35-24-32-22(20-14-30-10-11-38-20)33-25(34-24)36-18-7-5-4-6-17(18)31-23(36)21(28)29/h4-9,12,20-21,30H,10-11,13-14H2,1-3H3,(H,32,33,34,35). The molecule has 200 valence electrons. The van der Waals surface area contributed by atoms with Crippen molar-refractivity contribution in [2.75, 3.05) is 32.1 Å². The summed E-state index contributed by atoms with van der Waals surface area (Å²) >= 11 is 0. The summed E-state index contributed by atoms with van der Waals surface area (Å²) in [6.45, 7) is 5.48. The van der Waals surface area contributed by atoms with E-state index in [0.29, 0.717) is 43.0 Å². The largest absolute Gasteiger partial charge is 0.494 e. The van der Waals surface area contributed by atoms with E-state index in [1.165, 1.54) is 17.7 Å². The van der Waals surface area contributed by atoms with E-state index in [4.69, 9.17) is 9.47 Å². The number of benzene rings is 2. The highest BCUT2D eigenvalue weighted by Gasteiger charge is 2.27. The van der Waals surface area contributed by atoms with Crippen LogP contribution in [0.2, 0.25) is 0 Å². The zero-order chi connectivity index (χ0) is 26.9. The van der Waals surface area contributed by atoms with Gasteiger partial charge < -0.3 is 20.1 Å². The molecule has 0 aliphatic carbocycles. The number of halogens is 3. The predicted octanol–water partition coefficient (Wildman–Crippen LogP) is 4.39. The molecule has 1 fully saturated rings. The summed E-state index contributed by atoms with van der Waals surface area (Å²) in [7, 11) is 1.41. The van der Waals surface area contributed by atoms with E-state index in [9.17, 15) is 13.2 Å². The molecule has 1 saturated heterocycles. The number of fused-ring (bicyclic) bond motifs is 1. The van der Waals surface area contributed by atoms with Crippen LogP contribution in [-0.4, -0.2) is 56.8 Å². The highest BCUT2D eigenvalue weighted by molar-refractivity contribution is 5.77. The molecule has 1 unspecified atom stereocenters. The number of rotatable bonds is 8. The lowest BCUT2D eigenvalue weighted by Gasteiger charge is -2.28. The summed E-state index contributed by atoms with van der Waals surface area (Å²) in [5.41, 5.74) is 1.06. The topological polar surface area (TPSA) is 99.0 Å². The number of imidazole rings is 1. The zero-order valence-electron chi connectivity index (χ0n) is 21.2. The predicted molar refractivity (Wildman–Crippen MR) is 135 cm³/mol. The minimum Gasteiger partial charge on any atom is -0.494 e. The molecule has 1 aliphatic heterocycles. The summed E-state index contributed by atoms with van der Waals surface area (Å²) < 4.78 is 54.3. The fraction of sp³-hybridized carbons (Fsp3) is 0.385. The molecule has 1 aliphatic rings. The van der Waals surface area contributed by atoms with Crippen molar-refractivity contribution in [1.29, 1.82) is 0 Å². The lowest BCUT2D eigenvalue weighted by atomic mass is 9.95. The molecule has 5 rings (SSSR count). The second-order valence-electron chi connectivity index (χ2n) is 9.63. The van der Waals surface area contributed by atoms with Gasteiger partial charge in [-0.15, -0.1) is 0 Å². The van der Waals surface area contributed by atoms with Gasteiger partial charge in [0.05, 0.1) is 24.8 Å². The van der Waals surface area contributed by atoms with Gasteiger partial charge in [0.1, 0.15) is 6.10 Å². The molecule has 0 amide bonds. The molecular formula is C26H28F3N7O2. The van der Waals surface area contributed by atoms with E-state index in [1.807, 2.05) is 13.8 Å². The fourth-order valence-electron chi connectivity index (χ4n) is 4.48. The Balaban J connectivity index is 1.56. The zero-order valence-corrected chi connectivity index (χ0v) is 21.2. The molecule has 38 heavy (non-hydrogen) atoms. The van der Waals surface area contributed by atoms with Crippen molar-refractivity contribution in [3.05, 3.63) is 65.5 Å². The lowest BCUT2D eigenvalue weighted by molar-refractivity contribution is 0.0220. The number of nitrogens with zero attached hydrogens (tertiary/aromatic N) is 5. The Morgan fingerprint density at radius 1 is 1.16 bits per heavy atom. The van der Waals surface area contributed by atoms with Gasteiger partial charge in [0.2, 0.25) is 11.9 Å². The van der Waals surface area contributed by atoms with Crippen molar-refractivity contribution in [3.63, 3.8) is 0 Å². The van der Waals surface area contributed by atoms with Crippen LogP contribution in [-0.2, 0) is 11.2 Å². The van der Waals surface area contributed by atoms with Crippen LogP contribution in [0.3, 0.4) is 0 Å². The maximum Gasteiger partial charge on any atom is 0.296 e. The normalized spacial score (nSPS) is 16.2. The van der Waals surface area contributed by atoms with Gasteiger partial charge in [0, 0.05) is 18.6 Å². The molecule has 0 bridgehead atoms. The summed E-state index contributed by atoms with van der Waals surface area (Å²) in [6, 6.07) is 11.5. The smallest absolute Gasteiger partial charge is 0.296 e. The molecule has 4 aromatic rings. The van der Waals surface area contributed by atoms with Crippen LogP contribution in [0, 0.1) is 5.82 Å². The van der Waals surface area contributed by atoms with Crippen molar-refractivity contribution >= 4 is 17.0 Å². The van der Waals surface area contributed by atoms with E-state index in [1.54, 1.807) is 36.4 Å². The molecule has 3 heterocycles. The molecule has 1 atom stereocenters. The third kappa shape index (κ3) is 5.41. The molecule has 2 aromatic heterocycles. The number of ether oxygens (including phenoxy) is 2. The van der Waals surface area contributed by atoms with Gasteiger partial charge in [-0.3, -0.25) is 4.57 Å². The van der Waals surface area contributed by atoms with Crippen LogP contribution < -0.4 is 15.4 Å². The van der Waals surface area contributed by atoms with Crippen molar-refractivity contribution in [3.8, 4) is 11.7 Å². The molecular weight excluding hydrogens is 499 g/mol. The van der Waals surface area contributed by atoms with E-state index < -0.39 is 29.7 Å². The molecule has 2 aromatic carbocycles. The monoisotopic (exact) mass is 527 g/mol. The Labute approximate surface area is 217 Å². The van der Waals surface area contributed by atoms with Crippen LogP contribution in [0.15, 0.2) is 42.5 Å². The minimum absolute atomic E-state index is 0.00919. The average Bonchev–Trinajstić information content (AvgIpc) is 3.30. The van der Waals surface area contributed by atoms with E-state index in [2.05, 4.69) is 30.6 Å². The van der Waals surface area contributed by atoms with Gasteiger partial charge in [-0.25, -0.2) is 18.2 Å². The maximum absolute atomic E-state index is 14.1.